The van der Waals surface area contributed by atoms with Crippen molar-refractivity contribution in [3.8, 4) is 6.07 Å². The number of aromatic nitrogens is 1. The maximum absolute atomic E-state index is 9.37. The van der Waals surface area contributed by atoms with Crippen molar-refractivity contribution in [2.45, 2.75) is 18.4 Å². The van der Waals surface area contributed by atoms with Gasteiger partial charge in [-0.1, -0.05) is 11.6 Å². The average Bonchev–Trinajstić information content (AvgIpc) is 2.60. The van der Waals surface area contributed by atoms with Crippen LogP contribution < -0.4 is 5.32 Å². The van der Waals surface area contributed by atoms with Gasteiger partial charge in [-0.15, -0.1) is 0 Å². The molecule has 23 heavy (non-hydrogen) atoms. The maximum atomic E-state index is 9.37. The highest BCUT2D eigenvalue weighted by molar-refractivity contribution is 6.31. The van der Waals surface area contributed by atoms with Crippen molar-refractivity contribution in [2.75, 3.05) is 32.2 Å². The van der Waals surface area contributed by atoms with Gasteiger partial charge in [0.05, 0.1) is 22.8 Å². The van der Waals surface area contributed by atoms with Gasteiger partial charge in [-0.2, -0.15) is 5.26 Å². The van der Waals surface area contributed by atoms with Crippen LogP contribution in [0.15, 0.2) is 24.3 Å². The number of fused-ring (bicyclic) bond motifs is 1. The van der Waals surface area contributed by atoms with Gasteiger partial charge in [0.1, 0.15) is 5.82 Å². The first-order chi connectivity index (χ1) is 11.2. The van der Waals surface area contributed by atoms with E-state index in [1.807, 2.05) is 6.07 Å². The van der Waals surface area contributed by atoms with E-state index in [0.29, 0.717) is 36.2 Å². The number of nitrogens with zero attached hydrogens (tertiary/aromatic N) is 2. The zero-order valence-corrected chi connectivity index (χ0v) is 13.7. The van der Waals surface area contributed by atoms with Gasteiger partial charge < -0.3 is 14.8 Å². The van der Waals surface area contributed by atoms with Gasteiger partial charge in [0.2, 0.25) is 0 Å². The van der Waals surface area contributed by atoms with E-state index in [1.165, 1.54) is 0 Å². The van der Waals surface area contributed by atoms with Crippen molar-refractivity contribution in [3.63, 3.8) is 0 Å². The van der Waals surface area contributed by atoms with E-state index >= 15 is 0 Å². The van der Waals surface area contributed by atoms with Crippen LogP contribution >= 0.6 is 11.6 Å². The van der Waals surface area contributed by atoms with E-state index < -0.39 is 0 Å². The second-order valence-electron chi connectivity index (χ2n) is 5.68. The molecule has 2 aromatic rings. The Balaban J connectivity index is 1.86. The fourth-order valence-electron chi connectivity index (χ4n) is 2.83. The third-order valence-electron chi connectivity index (χ3n) is 4.32. The Morgan fingerprint density at radius 3 is 2.87 bits per heavy atom. The quantitative estimate of drug-likeness (QED) is 0.930. The summed E-state index contributed by atoms with van der Waals surface area (Å²) in [6.07, 6.45) is 1.68. The molecule has 1 N–H and O–H groups in total. The summed E-state index contributed by atoms with van der Waals surface area (Å²) in [5.41, 5.74) is 1.05. The molecule has 1 saturated heterocycles. The van der Waals surface area contributed by atoms with Gasteiger partial charge in [-0.25, -0.2) is 4.98 Å². The summed E-state index contributed by atoms with van der Waals surface area (Å²) in [6, 6.07) is 9.32. The molecule has 0 spiro atoms. The first-order valence-corrected chi connectivity index (χ1v) is 7.91. The predicted octanol–water partition coefficient (Wildman–Crippen LogP) is 3.37. The normalized spacial score (nSPS) is 16.9. The molecule has 1 aliphatic rings. The van der Waals surface area contributed by atoms with Gasteiger partial charge in [0.15, 0.2) is 0 Å². The van der Waals surface area contributed by atoms with Gasteiger partial charge >= 0.3 is 0 Å². The lowest BCUT2D eigenvalue weighted by molar-refractivity contribution is -0.0807. The minimum atomic E-state index is -0.248. The number of halogens is 1. The molecule has 1 aliphatic heterocycles. The molecule has 0 amide bonds. The average molecular weight is 332 g/mol. The van der Waals surface area contributed by atoms with E-state index in [2.05, 4.69) is 16.4 Å². The van der Waals surface area contributed by atoms with Crippen molar-refractivity contribution in [3.05, 3.63) is 34.9 Å². The summed E-state index contributed by atoms with van der Waals surface area (Å²) < 4.78 is 11.1. The third-order valence-corrected chi connectivity index (χ3v) is 4.55. The molecule has 1 aromatic carbocycles. The molecule has 6 heteroatoms. The van der Waals surface area contributed by atoms with Crippen molar-refractivity contribution < 1.29 is 9.47 Å². The van der Waals surface area contributed by atoms with Gasteiger partial charge in [-0.3, -0.25) is 0 Å². The zero-order chi connectivity index (χ0) is 16.3. The first-order valence-electron chi connectivity index (χ1n) is 7.53. The highest BCUT2D eigenvalue weighted by Crippen LogP contribution is 2.27. The Morgan fingerprint density at radius 2 is 2.17 bits per heavy atom. The Bertz CT molecular complexity index is 751. The first kappa shape index (κ1) is 16.0. The maximum Gasteiger partial charge on any atom is 0.128 e. The number of nitrogens with one attached hydrogen (secondary N) is 1. The number of rotatable bonds is 4. The fourth-order valence-corrected chi connectivity index (χ4v) is 3.00. The molecule has 1 aromatic heterocycles. The van der Waals surface area contributed by atoms with Crippen LogP contribution in [0.2, 0.25) is 5.02 Å². The van der Waals surface area contributed by atoms with Crippen LogP contribution in [0.1, 0.15) is 18.4 Å². The second kappa shape index (κ2) is 6.71. The smallest absolute Gasteiger partial charge is 0.128 e. The van der Waals surface area contributed by atoms with E-state index in [4.69, 9.17) is 21.1 Å². The number of ether oxygens (including phenoxy) is 2. The Morgan fingerprint density at radius 1 is 1.39 bits per heavy atom. The Kier molecular flexibility index (Phi) is 4.67. The highest BCUT2D eigenvalue weighted by Gasteiger charge is 2.32. The van der Waals surface area contributed by atoms with Gasteiger partial charge in [-0.05, 0) is 24.3 Å². The molecule has 0 bridgehead atoms. The fraction of sp³-hybridized carbons (Fsp3) is 0.412. The van der Waals surface area contributed by atoms with Gasteiger partial charge in [0.25, 0.3) is 0 Å². The number of pyridine rings is 1. The van der Waals surface area contributed by atoms with E-state index in [-0.39, 0.29) is 5.60 Å². The number of nitriles is 1. The second-order valence-corrected chi connectivity index (χ2v) is 6.12. The minimum Gasteiger partial charge on any atom is -0.381 e. The van der Waals surface area contributed by atoms with Crippen LogP contribution in [0.4, 0.5) is 5.82 Å². The number of methoxy groups -OCH3 is 1. The molecular formula is C17H18ClN3O2. The largest absolute Gasteiger partial charge is 0.381 e. The van der Waals surface area contributed by atoms with Crippen LogP contribution in [0, 0.1) is 11.3 Å². The van der Waals surface area contributed by atoms with Crippen molar-refractivity contribution in [1.82, 2.24) is 4.98 Å². The predicted molar refractivity (Wildman–Crippen MR) is 89.8 cm³/mol. The van der Waals surface area contributed by atoms with Crippen molar-refractivity contribution in [1.29, 1.82) is 5.26 Å². The van der Waals surface area contributed by atoms with Gasteiger partial charge in [0, 0.05) is 50.1 Å². The van der Waals surface area contributed by atoms with Crippen LogP contribution in [-0.2, 0) is 9.47 Å². The summed E-state index contributed by atoms with van der Waals surface area (Å²) >= 11 is 6.01. The molecule has 0 atom stereocenters. The molecular weight excluding hydrogens is 314 g/mol. The standard InChI is InChI=1S/C17H18ClN3O2/c1-22-17(4-6-23-7-5-17)11-20-16-8-12(10-19)14-9-13(18)2-3-15(14)21-16/h2-3,8-9H,4-7,11H2,1H3,(H,20,21). The molecule has 3 rings (SSSR count). The SMILES string of the molecule is COC1(CNc2cc(C#N)c3cc(Cl)ccc3n2)CCOCC1. The molecule has 5 nitrogen and oxygen atoms in total. The summed E-state index contributed by atoms with van der Waals surface area (Å²) in [7, 11) is 1.73. The molecule has 1 fully saturated rings. The van der Waals surface area contributed by atoms with E-state index in [9.17, 15) is 5.26 Å². The van der Waals surface area contributed by atoms with E-state index in [1.54, 1.807) is 25.3 Å². The lowest BCUT2D eigenvalue weighted by atomic mass is 9.94. The highest BCUT2D eigenvalue weighted by atomic mass is 35.5. The van der Waals surface area contributed by atoms with Crippen LogP contribution in [-0.4, -0.2) is 37.5 Å². The molecule has 0 saturated carbocycles. The molecule has 120 valence electrons. The van der Waals surface area contributed by atoms with Crippen molar-refractivity contribution in [2.24, 2.45) is 0 Å². The lowest BCUT2D eigenvalue weighted by Crippen LogP contribution is -2.44. The summed E-state index contributed by atoms with van der Waals surface area (Å²) in [4.78, 5) is 4.57. The van der Waals surface area contributed by atoms with Crippen LogP contribution in [0.3, 0.4) is 0 Å². The zero-order valence-electron chi connectivity index (χ0n) is 12.9. The number of hydrogen-bond acceptors (Lipinski definition) is 5. The van der Waals surface area contributed by atoms with E-state index in [0.717, 1.165) is 23.7 Å². The lowest BCUT2D eigenvalue weighted by Gasteiger charge is -2.36. The van der Waals surface area contributed by atoms with Crippen LogP contribution in [0.25, 0.3) is 10.9 Å². The number of benzene rings is 1. The number of hydrogen-bond donors (Lipinski definition) is 1. The molecule has 2 heterocycles. The summed E-state index contributed by atoms with van der Waals surface area (Å²) in [5, 5.41) is 14.0. The number of anilines is 1. The Hall–Kier alpha value is -1.87. The molecule has 0 unspecified atom stereocenters. The monoisotopic (exact) mass is 331 g/mol. The Labute approximate surface area is 140 Å². The summed E-state index contributed by atoms with van der Waals surface area (Å²) in [5.74, 6) is 0.666. The minimum absolute atomic E-state index is 0.248. The topological polar surface area (TPSA) is 67.2 Å². The third kappa shape index (κ3) is 3.40. The molecule has 0 aliphatic carbocycles. The van der Waals surface area contributed by atoms with Crippen molar-refractivity contribution >= 4 is 28.3 Å². The summed E-state index contributed by atoms with van der Waals surface area (Å²) in [6.45, 7) is 2.02. The molecule has 0 radical (unpaired) electrons. The van der Waals surface area contributed by atoms with Crippen LogP contribution in [0.5, 0.6) is 0 Å².